The lowest BCUT2D eigenvalue weighted by atomic mass is 9.76. The molecule has 2 saturated heterocycles. The molecule has 2 aliphatic rings. The van der Waals surface area contributed by atoms with E-state index in [4.69, 9.17) is 4.74 Å². The summed E-state index contributed by atoms with van der Waals surface area (Å²) >= 11 is 0. The summed E-state index contributed by atoms with van der Waals surface area (Å²) in [4.78, 5) is 28.5. The number of cyclic esters (lactones) is 1. The number of nitrogens with zero attached hydrogens (tertiary/aromatic N) is 2. The van der Waals surface area contributed by atoms with E-state index in [2.05, 4.69) is 0 Å². The summed E-state index contributed by atoms with van der Waals surface area (Å²) in [6.45, 7) is 1.37. The Kier molecular flexibility index (Phi) is 5.70. The van der Waals surface area contributed by atoms with Crippen molar-refractivity contribution in [2.75, 3.05) is 33.7 Å². The normalized spacial score (nSPS) is 22.0. The third kappa shape index (κ3) is 4.32. The maximum absolute atomic E-state index is 13.1. The maximum atomic E-state index is 13.1. The van der Waals surface area contributed by atoms with Crippen LogP contribution in [0.15, 0.2) is 24.3 Å². The lowest BCUT2D eigenvalue weighted by molar-refractivity contribution is -0.152. The number of benzene rings is 1. The van der Waals surface area contributed by atoms with E-state index in [0.29, 0.717) is 38.9 Å². The Morgan fingerprint density at radius 1 is 1.25 bits per heavy atom. The zero-order valence-electron chi connectivity index (χ0n) is 16.1. The zero-order chi connectivity index (χ0) is 20.5. The van der Waals surface area contributed by atoms with Crippen molar-refractivity contribution < 1.29 is 27.5 Å². The highest BCUT2D eigenvalue weighted by molar-refractivity contribution is 5.82. The largest absolute Gasteiger partial charge is 0.461 e. The Bertz CT molecular complexity index is 740. The number of piperidine rings is 1. The number of amides is 1. The van der Waals surface area contributed by atoms with Crippen LogP contribution in [0.5, 0.6) is 0 Å². The van der Waals surface area contributed by atoms with Crippen LogP contribution in [0.4, 0.5) is 13.2 Å². The fraction of sp³-hybridized carbons (Fsp3) is 0.600. The molecule has 0 saturated carbocycles. The molecule has 0 N–H and O–H groups in total. The van der Waals surface area contributed by atoms with Gasteiger partial charge in [-0.2, -0.15) is 13.2 Å². The molecule has 154 valence electrons. The maximum Gasteiger partial charge on any atom is 0.416 e. The van der Waals surface area contributed by atoms with Crippen LogP contribution in [-0.2, 0) is 26.9 Å². The molecular weight excluding hydrogens is 373 g/mol. The van der Waals surface area contributed by atoms with E-state index >= 15 is 0 Å². The molecule has 0 radical (unpaired) electrons. The second kappa shape index (κ2) is 7.73. The highest BCUT2D eigenvalue weighted by Crippen LogP contribution is 2.43. The van der Waals surface area contributed by atoms with Gasteiger partial charge in [0.1, 0.15) is 6.10 Å². The van der Waals surface area contributed by atoms with Crippen molar-refractivity contribution in [2.24, 2.45) is 5.41 Å². The third-order valence-electron chi connectivity index (χ3n) is 5.63. The second-order valence-corrected chi connectivity index (χ2v) is 7.99. The molecule has 1 aromatic carbocycles. The quantitative estimate of drug-likeness (QED) is 0.732. The van der Waals surface area contributed by atoms with Crippen LogP contribution >= 0.6 is 0 Å². The first kappa shape index (κ1) is 20.6. The molecule has 3 rings (SSSR count). The predicted molar refractivity (Wildman–Crippen MR) is 96.4 cm³/mol. The summed E-state index contributed by atoms with van der Waals surface area (Å²) in [5.41, 5.74) is -1.37. The van der Waals surface area contributed by atoms with Gasteiger partial charge in [-0.25, -0.2) is 0 Å². The van der Waals surface area contributed by atoms with Gasteiger partial charge >= 0.3 is 12.1 Å². The van der Waals surface area contributed by atoms with E-state index < -0.39 is 17.2 Å². The first-order valence-corrected chi connectivity index (χ1v) is 9.39. The van der Waals surface area contributed by atoms with Crippen molar-refractivity contribution in [3.8, 4) is 0 Å². The van der Waals surface area contributed by atoms with E-state index in [-0.39, 0.29) is 30.0 Å². The predicted octanol–water partition coefficient (Wildman–Crippen LogP) is 2.73. The molecule has 1 amide bonds. The van der Waals surface area contributed by atoms with Gasteiger partial charge in [-0.15, -0.1) is 0 Å². The summed E-state index contributed by atoms with van der Waals surface area (Å²) in [6, 6.07) is 5.15. The number of alkyl halides is 3. The molecule has 8 heteroatoms. The summed E-state index contributed by atoms with van der Waals surface area (Å²) in [7, 11) is 3.83. The monoisotopic (exact) mass is 398 g/mol. The number of esters is 1. The van der Waals surface area contributed by atoms with Gasteiger partial charge < -0.3 is 14.5 Å². The van der Waals surface area contributed by atoms with Gasteiger partial charge in [0.15, 0.2) is 0 Å². The molecule has 2 heterocycles. The molecule has 2 aliphatic heterocycles. The lowest BCUT2D eigenvalue weighted by Gasteiger charge is -2.36. The number of likely N-dealkylation sites (N-methyl/N-ethyl adjacent to an activating group) is 1. The van der Waals surface area contributed by atoms with Crippen molar-refractivity contribution in [1.29, 1.82) is 0 Å². The number of carbonyl (C=O) groups is 2. The van der Waals surface area contributed by atoms with Gasteiger partial charge in [0.2, 0.25) is 5.91 Å². The van der Waals surface area contributed by atoms with Gasteiger partial charge in [-0.05, 0) is 38.6 Å². The van der Waals surface area contributed by atoms with Crippen molar-refractivity contribution in [3.63, 3.8) is 0 Å². The highest BCUT2D eigenvalue weighted by Gasteiger charge is 2.50. The Hall–Kier alpha value is -2.09. The van der Waals surface area contributed by atoms with Crippen LogP contribution in [0.2, 0.25) is 0 Å². The zero-order valence-corrected chi connectivity index (χ0v) is 16.1. The minimum atomic E-state index is -4.49. The average Bonchev–Trinajstić information content (AvgIpc) is 2.89. The number of halogens is 3. The first-order valence-electron chi connectivity index (χ1n) is 9.39. The van der Waals surface area contributed by atoms with E-state index in [1.807, 2.05) is 19.0 Å². The van der Waals surface area contributed by atoms with Crippen molar-refractivity contribution >= 4 is 11.9 Å². The van der Waals surface area contributed by atoms with Gasteiger partial charge in [0, 0.05) is 26.1 Å². The molecule has 0 aliphatic carbocycles. The Morgan fingerprint density at radius 2 is 1.89 bits per heavy atom. The van der Waals surface area contributed by atoms with Crippen molar-refractivity contribution in [2.45, 2.75) is 38.0 Å². The van der Waals surface area contributed by atoms with Crippen LogP contribution in [0.25, 0.3) is 0 Å². The van der Waals surface area contributed by atoms with Crippen molar-refractivity contribution in [1.82, 2.24) is 9.80 Å². The standard InChI is InChI=1S/C20H25F3N2O3/c1-24(2)13-15-12-19(18(27)28-15)7-9-25(10-8-19)17(26)11-14-5-3-4-6-16(14)20(21,22)23/h3-6,15H,7-13H2,1-2H3. The van der Waals surface area contributed by atoms with E-state index in [1.165, 1.54) is 18.2 Å². The number of rotatable bonds is 4. The molecule has 0 bridgehead atoms. The molecule has 1 atom stereocenters. The summed E-state index contributed by atoms with van der Waals surface area (Å²) < 4.78 is 44.9. The molecule has 1 aromatic rings. The molecule has 1 spiro atoms. The van der Waals surface area contributed by atoms with Gasteiger partial charge in [-0.3, -0.25) is 9.59 Å². The fourth-order valence-corrected chi connectivity index (χ4v) is 4.16. The molecular formula is C20H25F3N2O3. The SMILES string of the molecule is CN(C)CC1CC2(CCN(C(=O)Cc3ccccc3C(F)(F)F)CC2)C(=O)O1. The highest BCUT2D eigenvalue weighted by atomic mass is 19.4. The Morgan fingerprint density at radius 3 is 2.50 bits per heavy atom. The van der Waals surface area contributed by atoms with Gasteiger partial charge in [0.05, 0.1) is 17.4 Å². The molecule has 1 unspecified atom stereocenters. The lowest BCUT2D eigenvalue weighted by Crippen LogP contribution is -2.45. The topological polar surface area (TPSA) is 49.9 Å². The van der Waals surface area contributed by atoms with Crippen LogP contribution in [0, 0.1) is 5.41 Å². The third-order valence-corrected chi connectivity index (χ3v) is 5.63. The average molecular weight is 398 g/mol. The van der Waals surface area contributed by atoms with Crippen molar-refractivity contribution in [3.05, 3.63) is 35.4 Å². The van der Waals surface area contributed by atoms with Crippen LogP contribution in [-0.4, -0.2) is 61.5 Å². The summed E-state index contributed by atoms with van der Waals surface area (Å²) in [5.74, 6) is -0.559. The molecule has 28 heavy (non-hydrogen) atoms. The Labute approximate surface area is 162 Å². The number of carbonyl (C=O) groups excluding carboxylic acids is 2. The van der Waals surface area contributed by atoms with E-state index in [0.717, 1.165) is 6.07 Å². The molecule has 2 fully saturated rings. The van der Waals surface area contributed by atoms with Crippen LogP contribution < -0.4 is 0 Å². The second-order valence-electron chi connectivity index (χ2n) is 7.99. The molecule has 5 nitrogen and oxygen atoms in total. The van der Waals surface area contributed by atoms with Gasteiger partial charge in [-0.1, -0.05) is 18.2 Å². The Balaban J connectivity index is 1.62. The van der Waals surface area contributed by atoms with Crippen LogP contribution in [0.3, 0.4) is 0 Å². The van der Waals surface area contributed by atoms with Crippen LogP contribution in [0.1, 0.15) is 30.4 Å². The minimum absolute atomic E-state index is 0.0217. The van der Waals surface area contributed by atoms with E-state index in [1.54, 1.807) is 4.90 Å². The summed E-state index contributed by atoms with van der Waals surface area (Å²) in [5, 5.41) is 0. The summed E-state index contributed by atoms with van der Waals surface area (Å²) in [6.07, 6.45) is -3.33. The minimum Gasteiger partial charge on any atom is -0.461 e. The number of hydrogen-bond donors (Lipinski definition) is 0. The number of likely N-dealkylation sites (tertiary alicyclic amines) is 1. The van der Waals surface area contributed by atoms with E-state index in [9.17, 15) is 22.8 Å². The smallest absolute Gasteiger partial charge is 0.416 e. The first-order chi connectivity index (χ1) is 13.1. The fourth-order valence-electron chi connectivity index (χ4n) is 4.16. The number of hydrogen-bond acceptors (Lipinski definition) is 4. The van der Waals surface area contributed by atoms with Gasteiger partial charge in [0.25, 0.3) is 0 Å². The number of ether oxygens (including phenoxy) is 1. The molecule has 0 aromatic heterocycles.